The Labute approximate surface area is 118 Å². The summed E-state index contributed by atoms with van der Waals surface area (Å²) < 4.78 is 11.8. The maximum Gasteiger partial charge on any atom is 0.137 e. The molecule has 3 nitrogen and oxygen atoms in total. The average Bonchev–Trinajstić information content (AvgIpc) is 3.06. The molecule has 4 heteroatoms. The minimum atomic E-state index is 0.670. The van der Waals surface area contributed by atoms with Gasteiger partial charge in [0.15, 0.2) is 0 Å². The molecular weight excluding hydrogens is 258 g/mol. The van der Waals surface area contributed by atoms with Gasteiger partial charge in [-0.2, -0.15) is 0 Å². The zero-order chi connectivity index (χ0) is 13.2. The lowest BCUT2D eigenvalue weighted by molar-refractivity contribution is 0.349. The molecule has 3 rings (SSSR count). The highest BCUT2D eigenvalue weighted by atomic mass is 32.2. The summed E-state index contributed by atoms with van der Waals surface area (Å²) in [5.41, 5.74) is 9.79. The molecule has 0 unspecified atom stereocenters. The van der Waals surface area contributed by atoms with E-state index in [4.69, 9.17) is 15.2 Å². The lowest BCUT2D eigenvalue weighted by atomic mass is 9.97. The summed E-state index contributed by atoms with van der Waals surface area (Å²) in [6, 6.07) is 0. The van der Waals surface area contributed by atoms with Crippen LogP contribution in [-0.4, -0.2) is 25.5 Å². The van der Waals surface area contributed by atoms with E-state index in [1.165, 1.54) is 28.0 Å². The molecule has 0 saturated carbocycles. The second-order valence-electron chi connectivity index (χ2n) is 5.01. The van der Waals surface area contributed by atoms with Crippen LogP contribution in [0.4, 0.5) is 0 Å². The van der Waals surface area contributed by atoms with E-state index < -0.39 is 0 Å². The highest BCUT2D eigenvalue weighted by molar-refractivity contribution is 7.99. The Balaban J connectivity index is 2.10. The molecule has 1 aromatic carbocycles. The Kier molecular flexibility index (Phi) is 3.89. The van der Waals surface area contributed by atoms with Crippen molar-refractivity contribution in [3.63, 3.8) is 0 Å². The number of nitrogens with two attached hydrogens (primary N) is 1. The van der Waals surface area contributed by atoms with E-state index in [1.807, 2.05) is 11.8 Å². The first-order chi connectivity index (χ1) is 9.36. The normalized spacial score (nSPS) is 15.9. The summed E-state index contributed by atoms with van der Waals surface area (Å²) in [7, 11) is 0. The van der Waals surface area contributed by atoms with Gasteiger partial charge in [-0.3, -0.25) is 0 Å². The van der Waals surface area contributed by atoms with Crippen LogP contribution in [0, 0.1) is 0 Å². The van der Waals surface area contributed by atoms with Gasteiger partial charge in [0.25, 0.3) is 0 Å². The Hall–Kier alpha value is -0.870. The summed E-state index contributed by atoms with van der Waals surface area (Å²) >= 11 is 1.92. The fraction of sp³-hybridized carbons (Fsp3) is 0.600. The molecule has 0 fully saturated rings. The van der Waals surface area contributed by atoms with E-state index >= 15 is 0 Å². The smallest absolute Gasteiger partial charge is 0.137 e. The molecule has 0 radical (unpaired) electrons. The third-order valence-corrected chi connectivity index (χ3v) is 5.04. The molecule has 19 heavy (non-hydrogen) atoms. The van der Waals surface area contributed by atoms with Crippen molar-refractivity contribution in [1.82, 2.24) is 0 Å². The summed E-state index contributed by atoms with van der Waals surface area (Å²) in [6.07, 6.45) is 4.09. The maximum atomic E-state index is 5.92. The van der Waals surface area contributed by atoms with Crippen molar-refractivity contribution in [3.8, 4) is 11.5 Å². The van der Waals surface area contributed by atoms with E-state index in [1.54, 1.807) is 0 Å². The van der Waals surface area contributed by atoms with Crippen molar-refractivity contribution in [2.45, 2.75) is 37.5 Å². The maximum absolute atomic E-state index is 5.92. The molecule has 2 heterocycles. The summed E-state index contributed by atoms with van der Waals surface area (Å²) in [6.45, 7) is 4.49. The minimum absolute atomic E-state index is 0.670. The van der Waals surface area contributed by atoms with Gasteiger partial charge < -0.3 is 15.2 Å². The third kappa shape index (κ3) is 2.21. The molecule has 0 bridgehead atoms. The standard InChI is InChI=1S/C15H21NO2S/c1-2-9-19-15-12-5-8-17-13(12)10(3-6-16)11-4-7-18-14(11)15/h2-9,16H2,1H3. The van der Waals surface area contributed by atoms with Crippen LogP contribution < -0.4 is 15.2 Å². The van der Waals surface area contributed by atoms with Crippen molar-refractivity contribution in [3.05, 3.63) is 16.7 Å². The molecule has 0 atom stereocenters. The van der Waals surface area contributed by atoms with Crippen molar-refractivity contribution >= 4 is 11.8 Å². The predicted molar refractivity (Wildman–Crippen MR) is 78.6 cm³/mol. The van der Waals surface area contributed by atoms with Crippen LogP contribution >= 0.6 is 11.8 Å². The number of hydrogen-bond acceptors (Lipinski definition) is 4. The van der Waals surface area contributed by atoms with Crippen molar-refractivity contribution < 1.29 is 9.47 Å². The topological polar surface area (TPSA) is 44.5 Å². The fourth-order valence-corrected chi connectivity index (χ4v) is 4.02. The van der Waals surface area contributed by atoms with Crippen LogP contribution in [0.1, 0.15) is 30.0 Å². The molecule has 1 aromatic rings. The SMILES string of the molecule is CCCSc1c2c(c(CCN)c3c1OCC3)OCC2. The molecule has 0 aromatic heterocycles. The predicted octanol–water partition coefficient (Wildman–Crippen LogP) is 2.56. The van der Waals surface area contributed by atoms with Crippen molar-refractivity contribution in [2.24, 2.45) is 5.73 Å². The fourth-order valence-electron chi connectivity index (χ4n) is 2.93. The second kappa shape index (κ2) is 5.63. The Morgan fingerprint density at radius 2 is 1.84 bits per heavy atom. The first-order valence-electron chi connectivity index (χ1n) is 7.15. The van der Waals surface area contributed by atoms with Gasteiger partial charge in [-0.1, -0.05) is 6.92 Å². The second-order valence-corrected chi connectivity index (χ2v) is 6.11. The van der Waals surface area contributed by atoms with Crippen LogP contribution in [-0.2, 0) is 19.3 Å². The van der Waals surface area contributed by atoms with E-state index in [2.05, 4.69) is 6.92 Å². The number of fused-ring (bicyclic) bond motifs is 2. The highest BCUT2D eigenvalue weighted by Gasteiger charge is 2.30. The lowest BCUT2D eigenvalue weighted by Crippen LogP contribution is -2.07. The van der Waals surface area contributed by atoms with Gasteiger partial charge in [0.1, 0.15) is 11.5 Å². The Morgan fingerprint density at radius 1 is 1.11 bits per heavy atom. The molecular formula is C15H21NO2S. The molecule has 2 aliphatic rings. The summed E-state index contributed by atoms with van der Waals surface area (Å²) in [4.78, 5) is 1.34. The Bertz CT molecular complexity index is 453. The summed E-state index contributed by atoms with van der Waals surface area (Å²) in [5, 5.41) is 0. The molecule has 0 amide bonds. The van der Waals surface area contributed by atoms with Crippen molar-refractivity contribution in [2.75, 3.05) is 25.5 Å². The van der Waals surface area contributed by atoms with Gasteiger partial charge in [-0.25, -0.2) is 0 Å². The zero-order valence-electron chi connectivity index (χ0n) is 11.5. The first-order valence-corrected chi connectivity index (χ1v) is 8.14. The van der Waals surface area contributed by atoms with E-state index in [-0.39, 0.29) is 0 Å². The molecule has 2 N–H and O–H groups in total. The van der Waals surface area contributed by atoms with Gasteiger partial charge in [0, 0.05) is 29.5 Å². The van der Waals surface area contributed by atoms with Gasteiger partial charge in [-0.05, 0) is 25.1 Å². The molecule has 104 valence electrons. The number of rotatable bonds is 5. The molecule has 0 spiro atoms. The number of hydrogen-bond donors (Lipinski definition) is 1. The monoisotopic (exact) mass is 279 g/mol. The van der Waals surface area contributed by atoms with Gasteiger partial charge >= 0.3 is 0 Å². The number of ether oxygens (including phenoxy) is 2. The largest absolute Gasteiger partial charge is 0.493 e. The molecule has 0 aliphatic carbocycles. The lowest BCUT2D eigenvalue weighted by Gasteiger charge is -2.16. The molecule has 0 saturated heterocycles. The zero-order valence-corrected chi connectivity index (χ0v) is 12.3. The number of thioether (sulfide) groups is 1. The minimum Gasteiger partial charge on any atom is -0.493 e. The first kappa shape index (κ1) is 13.1. The Morgan fingerprint density at radius 3 is 2.58 bits per heavy atom. The van der Waals surface area contributed by atoms with Gasteiger partial charge in [0.2, 0.25) is 0 Å². The van der Waals surface area contributed by atoms with Crippen LogP contribution in [0.15, 0.2) is 4.90 Å². The third-order valence-electron chi connectivity index (χ3n) is 3.71. The van der Waals surface area contributed by atoms with Gasteiger partial charge in [0.05, 0.1) is 18.1 Å². The average molecular weight is 279 g/mol. The van der Waals surface area contributed by atoms with Crippen LogP contribution in [0.2, 0.25) is 0 Å². The van der Waals surface area contributed by atoms with Crippen LogP contribution in [0.25, 0.3) is 0 Å². The van der Waals surface area contributed by atoms with Crippen molar-refractivity contribution in [1.29, 1.82) is 0 Å². The molecule has 2 aliphatic heterocycles. The quantitative estimate of drug-likeness (QED) is 0.841. The van der Waals surface area contributed by atoms with E-state index in [0.29, 0.717) is 6.54 Å². The number of benzene rings is 1. The van der Waals surface area contributed by atoms with E-state index in [0.717, 1.165) is 49.7 Å². The van der Waals surface area contributed by atoms with Crippen LogP contribution in [0.5, 0.6) is 11.5 Å². The van der Waals surface area contributed by atoms with E-state index in [9.17, 15) is 0 Å². The highest BCUT2D eigenvalue weighted by Crippen LogP contribution is 2.48. The van der Waals surface area contributed by atoms with Gasteiger partial charge in [-0.15, -0.1) is 11.8 Å². The summed E-state index contributed by atoms with van der Waals surface area (Å²) in [5.74, 6) is 3.39. The van der Waals surface area contributed by atoms with Crippen LogP contribution in [0.3, 0.4) is 0 Å².